The molecule has 4 nitrogen and oxygen atoms in total. The van der Waals surface area contributed by atoms with Gasteiger partial charge in [0, 0.05) is 17.2 Å². The highest BCUT2D eigenvalue weighted by atomic mass is 16.5. The number of pyridine rings is 1. The molecule has 0 fully saturated rings. The number of rotatable bonds is 4. The molecule has 3 aromatic rings. The number of methoxy groups -OCH3 is 2. The number of aromatic nitrogens is 1. The molecule has 3 rings (SSSR count). The third-order valence-electron chi connectivity index (χ3n) is 3.54. The van der Waals surface area contributed by atoms with Crippen molar-refractivity contribution in [3.05, 3.63) is 42.1 Å². The molecule has 0 atom stereocenters. The Kier molecular flexibility index (Phi) is 3.52. The molecule has 0 aliphatic rings. The molecule has 1 aromatic carbocycles. The van der Waals surface area contributed by atoms with Gasteiger partial charge in [-0.3, -0.25) is 0 Å². The summed E-state index contributed by atoms with van der Waals surface area (Å²) in [5, 5.41) is 0. The summed E-state index contributed by atoms with van der Waals surface area (Å²) in [6.45, 7) is 2.10. The molecule has 2 aromatic heterocycles. The Bertz CT molecular complexity index is 760. The summed E-state index contributed by atoms with van der Waals surface area (Å²) in [5.74, 6) is 2.38. The summed E-state index contributed by atoms with van der Waals surface area (Å²) in [6.07, 6.45) is 2.57. The van der Waals surface area contributed by atoms with E-state index in [1.165, 1.54) is 0 Å². The molecule has 0 aliphatic heterocycles. The second-order valence-electron chi connectivity index (χ2n) is 4.71. The topological polar surface area (TPSA) is 44.5 Å². The molecule has 0 bridgehead atoms. The maximum absolute atomic E-state index is 6.01. The summed E-state index contributed by atoms with van der Waals surface area (Å²) in [4.78, 5) is 4.46. The minimum Gasteiger partial charge on any atom is -0.497 e. The molecule has 0 N–H and O–H groups in total. The average molecular weight is 283 g/mol. The summed E-state index contributed by atoms with van der Waals surface area (Å²) in [7, 11) is 3.28. The van der Waals surface area contributed by atoms with Crippen molar-refractivity contribution in [2.24, 2.45) is 0 Å². The Morgan fingerprint density at radius 1 is 1.05 bits per heavy atom. The van der Waals surface area contributed by atoms with Crippen LogP contribution in [0.4, 0.5) is 0 Å². The maximum atomic E-state index is 6.01. The second kappa shape index (κ2) is 5.48. The van der Waals surface area contributed by atoms with Crippen molar-refractivity contribution in [1.29, 1.82) is 0 Å². The molecular weight excluding hydrogens is 266 g/mol. The van der Waals surface area contributed by atoms with Crippen LogP contribution in [0.1, 0.15) is 12.5 Å². The first-order valence-corrected chi connectivity index (χ1v) is 6.86. The van der Waals surface area contributed by atoms with Crippen molar-refractivity contribution in [2.45, 2.75) is 13.3 Å². The number of hydrogen-bond acceptors (Lipinski definition) is 4. The lowest BCUT2D eigenvalue weighted by Gasteiger charge is -2.02. The fourth-order valence-corrected chi connectivity index (χ4v) is 2.43. The fourth-order valence-electron chi connectivity index (χ4n) is 2.43. The zero-order valence-electron chi connectivity index (χ0n) is 12.3. The molecule has 0 amide bonds. The quantitative estimate of drug-likeness (QED) is 0.724. The predicted octanol–water partition coefficient (Wildman–Crippen LogP) is 4.07. The first kappa shape index (κ1) is 13.5. The van der Waals surface area contributed by atoms with Crippen LogP contribution >= 0.6 is 0 Å². The van der Waals surface area contributed by atoms with E-state index in [0.717, 1.165) is 40.2 Å². The van der Waals surface area contributed by atoms with Crippen LogP contribution in [0.25, 0.3) is 22.4 Å². The Hall–Kier alpha value is -2.49. The van der Waals surface area contributed by atoms with Gasteiger partial charge in [-0.15, -0.1) is 0 Å². The van der Waals surface area contributed by atoms with Gasteiger partial charge in [-0.25, -0.2) is 4.98 Å². The van der Waals surface area contributed by atoms with Crippen molar-refractivity contribution in [3.63, 3.8) is 0 Å². The molecule has 108 valence electrons. The van der Waals surface area contributed by atoms with E-state index in [1.807, 2.05) is 30.3 Å². The van der Waals surface area contributed by atoms with Crippen LogP contribution in [0, 0.1) is 0 Å². The van der Waals surface area contributed by atoms with Gasteiger partial charge in [-0.2, -0.15) is 0 Å². The minimum absolute atomic E-state index is 0.695. The Balaban J connectivity index is 2.16. The van der Waals surface area contributed by atoms with Gasteiger partial charge in [0.05, 0.1) is 20.4 Å². The highest BCUT2D eigenvalue weighted by Crippen LogP contribution is 2.34. The zero-order valence-corrected chi connectivity index (χ0v) is 12.3. The molecule has 0 saturated carbocycles. The highest BCUT2D eigenvalue weighted by Gasteiger charge is 2.16. The largest absolute Gasteiger partial charge is 0.497 e. The molecule has 0 spiro atoms. The van der Waals surface area contributed by atoms with Gasteiger partial charge in [0.15, 0.2) is 5.58 Å². The summed E-state index contributed by atoms with van der Waals surface area (Å²) < 4.78 is 16.4. The van der Waals surface area contributed by atoms with Gasteiger partial charge in [0.2, 0.25) is 0 Å². The van der Waals surface area contributed by atoms with E-state index >= 15 is 0 Å². The van der Waals surface area contributed by atoms with E-state index in [0.29, 0.717) is 5.75 Å². The third kappa shape index (κ3) is 2.33. The normalized spacial score (nSPS) is 10.8. The van der Waals surface area contributed by atoms with Gasteiger partial charge < -0.3 is 13.9 Å². The van der Waals surface area contributed by atoms with E-state index in [2.05, 4.69) is 11.9 Å². The maximum Gasteiger partial charge on any atom is 0.157 e. The number of hydrogen-bond donors (Lipinski definition) is 0. The van der Waals surface area contributed by atoms with Gasteiger partial charge in [0.1, 0.15) is 22.8 Å². The van der Waals surface area contributed by atoms with Gasteiger partial charge in [-0.05, 0) is 30.7 Å². The van der Waals surface area contributed by atoms with Crippen LogP contribution in [-0.2, 0) is 6.42 Å². The monoisotopic (exact) mass is 283 g/mol. The van der Waals surface area contributed by atoms with Crippen molar-refractivity contribution in [1.82, 2.24) is 4.98 Å². The van der Waals surface area contributed by atoms with E-state index in [-0.39, 0.29) is 0 Å². The number of furan rings is 1. The van der Waals surface area contributed by atoms with Crippen LogP contribution in [-0.4, -0.2) is 19.2 Å². The highest BCUT2D eigenvalue weighted by molar-refractivity contribution is 5.85. The lowest BCUT2D eigenvalue weighted by molar-refractivity contribution is 0.413. The van der Waals surface area contributed by atoms with Crippen LogP contribution in [0.5, 0.6) is 11.5 Å². The lowest BCUT2D eigenvalue weighted by Crippen LogP contribution is -1.87. The minimum atomic E-state index is 0.695. The molecule has 21 heavy (non-hydrogen) atoms. The Morgan fingerprint density at radius 2 is 1.76 bits per heavy atom. The number of fused-ring (bicyclic) bond motifs is 1. The van der Waals surface area contributed by atoms with Crippen LogP contribution in [0.15, 0.2) is 40.9 Å². The number of benzene rings is 1. The molecule has 0 aliphatic carbocycles. The van der Waals surface area contributed by atoms with Gasteiger partial charge in [-0.1, -0.05) is 6.92 Å². The molecule has 2 heterocycles. The zero-order chi connectivity index (χ0) is 14.8. The third-order valence-corrected chi connectivity index (χ3v) is 3.54. The van der Waals surface area contributed by atoms with E-state index in [1.54, 1.807) is 20.4 Å². The first-order chi connectivity index (χ1) is 10.3. The number of ether oxygens (including phenoxy) is 2. The lowest BCUT2D eigenvalue weighted by atomic mass is 10.1. The van der Waals surface area contributed by atoms with Crippen molar-refractivity contribution in [3.8, 4) is 22.8 Å². The standard InChI is InChI=1S/C17H17NO3/c1-4-14-16-15(9-13(20-3)10-18-16)21-17(14)11-5-7-12(19-2)8-6-11/h5-10H,4H2,1-3H3. The number of nitrogens with zero attached hydrogens (tertiary/aromatic N) is 1. The van der Waals surface area contributed by atoms with Crippen LogP contribution in [0.3, 0.4) is 0 Å². The summed E-state index contributed by atoms with van der Waals surface area (Å²) in [6, 6.07) is 9.71. The fraction of sp³-hybridized carbons (Fsp3) is 0.235. The van der Waals surface area contributed by atoms with E-state index in [4.69, 9.17) is 13.9 Å². The van der Waals surface area contributed by atoms with Crippen molar-refractivity contribution >= 4 is 11.1 Å². The molecule has 0 saturated heterocycles. The van der Waals surface area contributed by atoms with Gasteiger partial charge in [0.25, 0.3) is 0 Å². The number of aryl methyl sites for hydroxylation is 1. The Labute approximate surface area is 123 Å². The molecule has 4 heteroatoms. The smallest absolute Gasteiger partial charge is 0.157 e. The summed E-state index contributed by atoms with van der Waals surface area (Å²) >= 11 is 0. The second-order valence-corrected chi connectivity index (χ2v) is 4.71. The van der Waals surface area contributed by atoms with Crippen molar-refractivity contribution in [2.75, 3.05) is 14.2 Å². The molecular formula is C17H17NO3. The molecule has 0 unspecified atom stereocenters. The van der Waals surface area contributed by atoms with Crippen LogP contribution in [0.2, 0.25) is 0 Å². The molecule has 0 radical (unpaired) electrons. The van der Waals surface area contributed by atoms with E-state index < -0.39 is 0 Å². The SMILES string of the molecule is CCc1c(-c2ccc(OC)cc2)oc2cc(OC)cnc12. The first-order valence-electron chi connectivity index (χ1n) is 6.86. The van der Waals surface area contributed by atoms with E-state index in [9.17, 15) is 0 Å². The van der Waals surface area contributed by atoms with Gasteiger partial charge >= 0.3 is 0 Å². The Morgan fingerprint density at radius 3 is 2.38 bits per heavy atom. The summed E-state index contributed by atoms with van der Waals surface area (Å²) in [5.41, 5.74) is 3.77. The predicted molar refractivity (Wildman–Crippen MR) is 81.9 cm³/mol. The van der Waals surface area contributed by atoms with Crippen LogP contribution < -0.4 is 9.47 Å². The average Bonchev–Trinajstić information content (AvgIpc) is 2.92. The van der Waals surface area contributed by atoms with Crippen molar-refractivity contribution < 1.29 is 13.9 Å².